The lowest BCUT2D eigenvalue weighted by Crippen LogP contribution is -2.05. The van der Waals surface area contributed by atoms with Gasteiger partial charge in [-0.2, -0.15) is 0 Å². The van der Waals surface area contributed by atoms with E-state index in [1.54, 1.807) is 19.1 Å². The average Bonchev–Trinajstić information content (AvgIpc) is 2.22. The SMILES string of the molecule is Cc1cc(-c2nccc(=O)[nH]2)ccc1F. The van der Waals surface area contributed by atoms with Crippen LogP contribution < -0.4 is 5.56 Å². The Kier molecular flexibility index (Phi) is 2.33. The molecule has 1 heterocycles. The summed E-state index contributed by atoms with van der Waals surface area (Å²) in [6, 6.07) is 5.92. The molecule has 0 aliphatic rings. The zero-order valence-electron chi connectivity index (χ0n) is 8.12. The van der Waals surface area contributed by atoms with Crippen molar-refractivity contribution in [2.45, 2.75) is 6.92 Å². The molecule has 1 aromatic carbocycles. The lowest BCUT2D eigenvalue weighted by Gasteiger charge is -2.01. The maximum Gasteiger partial charge on any atom is 0.251 e. The van der Waals surface area contributed by atoms with Crippen LogP contribution in [-0.4, -0.2) is 9.97 Å². The van der Waals surface area contributed by atoms with E-state index in [1.165, 1.54) is 18.3 Å². The molecule has 15 heavy (non-hydrogen) atoms. The van der Waals surface area contributed by atoms with Gasteiger partial charge in [-0.25, -0.2) is 9.37 Å². The van der Waals surface area contributed by atoms with Gasteiger partial charge in [0.05, 0.1) is 0 Å². The van der Waals surface area contributed by atoms with E-state index in [0.29, 0.717) is 17.0 Å². The van der Waals surface area contributed by atoms with Crippen molar-refractivity contribution in [2.24, 2.45) is 0 Å². The Hall–Kier alpha value is -1.97. The fourth-order valence-electron chi connectivity index (χ4n) is 1.31. The summed E-state index contributed by atoms with van der Waals surface area (Å²) >= 11 is 0. The molecule has 0 bridgehead atoms. The molecule has 0 unspecified atom stereocenters. The molecular formula is C11H9FN2O. The van der Waals surface area contributed by atoms with Crippen molar-refractivity contribution < 1.29 is 4.39 Å². The van der Waals surface area contributed by atoms with E-state index in [9.17, 15) is 9.18 Å². The molecule has 1 aromatic heterocycles. The fourth-order valence-corrected chi connectivity index (χ4v) is 1.31. The van der Waals surface area contributed by atoms with Crippen molar-refractivity contribution in [3.63, 3.8) is 0 Å². The Morgan fingerprint density at radius 3 is 2.80 bits per heavy atom. The number of aromatic amines is 1. The number of halogens is 1. The van der Waals surface area contributed by atoms with Crippen LogP contribution in [0, 0.1) is 12.7 Å². The molecule has 2 rings (SSSR count). The van der Waals surface area contributed by atoms with Gasteiger partial charge in [0.25, 0.3) is 5.56 Å². The van der Waals surface area contributed by atoms with E-state index in [1.807, 2.05) is 0 Å². The summed E-state index contributed by atoms with van der Waals surface area (Å²) in [5, 5.41) is 0. The molecule has 0 saturated carbocycles. The van der Waals surface area contributed by atoms with Gasteiger partial charge in [-0.3, -0.25) is 4.79 Å². The summed E-state index contributed by atoms with van der Waals surface area (Å²) < 4.78 is 13.0. The van der Waals surface area contributed by atoms with Crippen LogP contribution in [0.15, 0.2) is 35.3 Å². The third kappa shape index (κ3) is 1.93. The number of nitrogens with one attached hydrogen (secondary N) is 1. The van der Waals surface area contributed by atoms with Gasteiger partial charge in [0.1, 0.15) is 11.6 Å². The second-order valence-corrected chi connectivity index (χ2v) is 3.25. The summed E-state index contributed by atoms with van der Waals surface area (Å²) in [6.07, 6.45) is 1.42. The van der Waals surface area contributed by atoms with Crippen molar-refractivity contribution >= 4 is 0 Å². The first-order valence-electron chi connectivity index (χ1n) is 4.48. The Labute approximate surface area is 85.6 Å². The first-order chi connectivity index (χ1) is 7.16. The fraction of sp³-hybridized carbons (Fsp3) is 0.0909. The predicted octanol–water partition coefficient (Wildman–Crippen LogP) is 1.88. The summed E-state index contributed by atoms with van der Waals surface area (Å²) in [5.74, 6) is 0.183. The van der Waals surface area contributed by atoms with E-state index in [0.717, 1.165) is 0 Å². The minimum absolute atomic E-state index is 0.220. The summed E-state index contributed by atoms with van der Waals surface area (Å²) in [7, 11) is 0. The lowest BCUT2D eigenvalue weighted by molar-refractivity contribution is 0.618. The van der Waals surface area contributed by atoms with Crippen molar-refractivity contribution in [3.05, 3.63) is 52.2 Å². The molecule has 4 heteroatoms. The van der Waals surface area contributed by atoms with Gasteiger partial charge in [-0.1, -0.05) is 0 Å². The number of hydrogen-bond acceptors (Lipinski definition) is 2. The van der Waals surface area contributed by atoms with Crippen LogP contribution in [-0.2, 0) is 0 Å². The standard InChI is InChI=1S/C11H9FN2O/c1-7-6-8(2-3-9(7)12)11-13-5-4-10(15)14-11/h2-6H,1H3,(H,13,14,15). The maximum atomic E-state index is 13.0. The van der Waals surface area contributed by atoms with E-state index in [-0.39, 0.29) is 11.4 Å². The number of H-pyrrole nitrogens is 1. The van der Waals surface area contributed by atoms with Crippen LogP contribution in [0.1, 0.15) is 5.56 Å². The van der Waals surface area contributed by atoms with Crippen molar-refractivity contribution in [1.82, 2.24) is 9.97 Å². The van der Waals surface area contributed by atoms with Gasteiger partial charge in [-0.05, 0) is 30.7 Å². The molecule has 0 amide bonds. The molecule has 1 N–H and O–H groups in total. The molecule has 0 radical (unpaired) electrons. The van der Waals surface area contributed by atoms with Gasteiger partial charge in [0.15, 0.2) is 0 Å². The largest absolute Gasteiger partial charge is 0.307 e. The smallest absolute Gasteiger partial charge is 0.251 e. The van der Waals surface area contributed by atoms with Gasteiger partial charge in [-0.15, -0.1) is 0 Å². The zero-order valence-corrected chi connectivity index (χ0v) is 8.12. The van der Waals surface area contributed by atoms with E-state index >= 15 is 0 Å². The van der Waals surface area contributed by atoms with Crippen LogP contribution in [0.5, 0.6) is 0 Å². The lowest BCUT2D eigenvalue weighted by atomic mass is 10.1. The summed E-state index contributed by atoms with van der Waals surface area (Å²) in [5.41, 5.74) is 1.01. The normalized spacial score (nSPS) is 10.3. The van der Waals surface area contributed by atoms with Crippen LogP contribution >= 0.6 is 0 Å². The topological polar surface area (TPSA) is 45.8 Å². The zero-order chi connectivity index (χ0) is 10.8. The van der Waals surface area contributed by atoms with Crippen molar-refractivity contribution in [3.8, 4) is 11.4 Å². The highest BCUT2D eigenvalue weighted by Gasteiger charge is 2.02. The van der Waals surface area contributed by atoms with Crippen molar-refractivity contribution in [1.29, 1.82) is 0 Å². The summed E-state index contributed by atoms with van der Waals surface area (Å²) in [4.78, 5) is 17.6. The van der Waals surface area contributed by atoms with E-state index < -0.39 is 0 Å². The number of rotatable bonds is 1. The number of nitrogens with zero attached hydrogens (tertiary/aromatic N) is 1. The third-order valence-corrected chi connectivity index (χ3v) is 2.10. The predicted molar refractivity (Wildman–Crippen MR) is 55.0 cm³/mol. The van der Waals surface area contributed by atoms with Crippen LogP contribution in [0.2, 0.25) is 0 Å². The van der Waals surface area contributed by atoms with Crippen LogP contribution in [0.3, 0.4) is 0 Å². The Bertz CT molecular complexity index is 548. The molecule has 0 fully saturated rings. The van der Waals surface area contributed by atoms with Crippen LogP contribution in [0.25, 0.3) is 11.4 Å². The van der Waals surface area contributed by atoms with Crippen LogP contribution in [0.4, 0.5) is 4.39 Å². The number of hydrogen-bond donors (Lipinski definition) is 1. The molecule has 0 saturated heterocycles. The number of aryl methyl sites for hydroxylation is 1. The monoisotopic (exact) mass is 204 g/mol. The van der Waals surface area contributed by atoms with Gasteiger partial charge >= 0.3 is 0 Å². The second-order valence-electron chi connectivity index (χ2n) is 3.25. The Morgan fingerprint density at radius 1 is 1.33 bits per heavy atom. The molecule has 0 aliphatic carbocycles. The first kappa shape index (κ1) is 9.58. The maximum absolute atomic E-state index is 13.0. The number of aromatic nitrogens is 2. The second kappa shape index (κ2) is 3.65. The quantitative estimate of drug-likeness (QED) is 0.770. The highest BCUT2D eigenvalue weighted by Crippen LogP contribution is 2.16. The molecule has 76 valence electrons. The minimum atomic E-state index is -0.267. The Morgan fingerprint density at radius 2 is 2.13 bits per heavy atom. The molecular weight excluding hydrogens is 195 g/mol. The Balaban J connectivity index is 2.55. The highest BCUT2D eigenvalue weighted by molar-refractivity contribution is 5.55. The molecule has 2 aromatic rings. The number of benzene rings is 1. The molecule has 0 spiro atoms. The first-order valence-corrected chi connectivity index (χ1v) is 4.48. The van der Waals surface area contributed by atoms with Gasteiger partial charge < -0.3 is 4.98 Å². The van der Waals surface area contributed by atoms with E-state index in [4.69, 9.17) is 0 Å². The molecule has 3 nitrogen and oxygen atoms in total. The molecule has 0 atom stereocenters. The average molecular weight is 204 g/mol. The summed E-state index contributed by atoms with van der Waals surface area (Å²) in [6.45, 7) is 1.67. The van der Waals surface area contributed by atoms with Gasteiger partial charge in [0.2, 0.25) is 0 Å². The highest BCUT2D eigenvalue weighted by atomic mass is 19.1. The van der Waals surface area contributed by atoms with E-state index in [2.05, 4.69) is 9.97 Å². The minimum Gasteiger partial charge on any atom is -0.307 e. The van der Waals surface area contributed by atoms with Gasteiger partial charge in [0, 0.05) is 17.8 Å². The molecule has 0 aliphatic heterocycles. The third-order valence-electron chi connectivity index (χ3n) is 2.10. The van der Waals surface area contributed by atoms with Crippen molar-refractivity contribution in [2.75, 3.05) is 0 Å².